The van der Waals surface area contributed by atoms with Gasteiger partial charge < -0.3 is 24.6 Å². The Balaban J connectivity index is 2.90. The van der Waals surface area contributed by atoms with Crippen LogP contribution >= 0.6 is 0 Å². The van der Waals surface area contributed by atoms with Crippen LogP contribution in [-0.2, 0) is 34.8 Å². The van der Waals surface area contributed by atoms with Crippen molar-refractivity contribution in [1.29, 1.82) is 0 Å². The zero-order chi connectivity index (χ0) is 28.3. The number of rotatable bonds is 9. The van der Waals surface area contributed by atoms with Crippen LogP contribution < -0.4 is 5.32 Å². The van der Waals surface area contributed by atoms with E-state index in [1.807, 2.05) is 0 Å². The number of ketones is 1. The quantitative estimate of drug-likeness (QED) is 0.460. The van der Waals surface area contributed by atoms with Crippen LogP contribution in [-0.4, -0.2) is 55.9 Å². The normalized spacial score (nSPS) is 18.3. The van der Waals surface area contributed by atoms with Crippen LogP contribution in [0.3, 0.4) is 0 Å². The molecule has 0 bridgehead atoms. The second kappa shape index (κ2) is 11.5. The summed E-state index contributed by atoms with van der Waals surface area (Å²) < 4.78 is 58.1. The van der Waals surface area contributed by atoms with Crippen LogP contribution in [0.2, 0.25) is 0 Å². The van der Waals surface area contributed by atoms with Gasteiger partial charge in [0.15, 0.2) is 12.4 Å². The molecule has 8 nitrogen and oxygen atoms in total. The first-order valence-corrected chi connectivity index (χ1v) is 11.5. The van der Waals surface area contributed by atoms with Crippen LogP contribution in [0.5, 0.6) is 0 Å². The van der Waals surface area contributed by atoms with Crippen LogP contribution in [0.1, 0.15) is 51.7 Å². The van der Waals surface area contributed by atoms with E-state index in [0.29, 0.717) is 0 Å². The van der Waals surface area contributed by atoms with Gasteiger partial charge in [-0.2, -0.15) is 13.2 Å². The number of methoxy groups -OCH3 is 2. The highest BCUT2D eigenvalue weighted by Crippen LogP contribution is 2.45. The number of ether oxygens (including phenoxy) is 3. The number of nitrogens with one attached hydrogen (secondary N) is 1. The lowest BCUT2D eigenvalue weighted by atomic mass is 9.75. The second-order valence-corrected chi connectivity index (χ2v) is 9.61. The summed E-state index contributed by atoms with van der Waals surface area (Å²) in [6.45, 7) is 6.98. The molecule has 3 unspecified atom stereocenters. The van der Waals surface area contributed by atoms with E-state index >= 15 is 0 Å². The Hall–Kier alpha value is -3.18. The van der Waals surface area contributed by atoms with Crippen molar-refractivity contribution in [2.75, 3.05) is 20.8 Å². The molecule has 0 aromatic heterocycles. The van der Waals surface area contributed by atoms with Crippen molar-refractivity contribution < 1.29 is 46.9 Å². The maximum atomic E-state index is 14.1. The van der Waals surface area contributed by atoms with Gasteiger partial charge >= 0.3 is 18.1 Å². The first-order chi connectivity index (χ1) is 17.1. The van der Waals surface area contributed by atoms with Crippen molar-refractivity contribution in [3.63, 3.8) is 0 Å². The molecule has 1 aliphatic rings. The number of dihydropyridines is 1. The number of carboxylic acids is 1. The van der Waals surface area contributed by atoms with Gasteiger partial charge in [-0.05, 0) is 46.2 Å². The molecule has 2 N–H and O–H groups in total. The number of carboxylic acid groups (broad SMARTS) is 1. The molecule has 0 fully saturated rings. The summed E-state index contributed by atoms with van der Waals surface area (Å²) in [6, 6.07) is 4.44. The maximum absolute atomic E-state index is 14.1. The zero-order valence-electron chi connectivity index (χ0n) is 21.8. The summed E-state index contributed by atoms with van der Waals surface area (Å²) in [4.78, 5) is 38.4. The summed E-state index contributed by atoms with van der Waals surface area (Å²) in [5.41, 5.74) is -3.28. The Morgan fingerprint density at radius 2 is 1.49 bits per heavy atom. The molecule has 0 amide bonds. The molecular formula is C26H32F3NO7. The minimum Gasteiger partial charge on any atom is -0.478 e. The largest absolute Gasteiger partial charge is 0.478 e. The van der Waals surface area contributed by atoms with Gasteiger partial charge in [-0.15, -0.1) is 0 Å². The SMILES string of the molecule is COC(C)C1=C(C(=O)O)C(c2ccccc2C(F)(F)F)C(C(=O)COC(=O)C(C)(C)C)=C(C(C)OC)N1. The lowest BCUT2D eigenvalue weighted by Gasteiger charge is -2.36. The molecule has 2 rings (SSSR count). The van der Waals surface area contributed by atoms with Crippen LogP contribution in [0.25, 0.3) is 0 Å². The summed E-state index contributed by atoms with van der Waals surface area (Å²) in [7, 11) is 2.64. The van der Waals surface area contributed by atoms with E-state index in [9.17, 15) is 32.7 Å². The number of hydrogen-bond donors (Lipinski definition) is 2. The molecule has 11 heteroatoms. The van der Waals surface area contributed by atoms with Gasteiger partial charge in [0.2, 0.25) is 0 Å². The van der Waals surface area contributed by atoms with E-state index in [1.165, 1.54) is 33.3 Å². The molecule has 0 radical (unpaired) electrons. The number of carbonyl (C=O) groups excluding carboxylic acids is 2. The number of benzene rings is 1. The topological polar surface area (TPSA) is 111 Å². The van der Waals surface area contributed by atoms with E-state index in [1.54, 1.807) is 27.7 Å². The van der Waals surface area contributed by atoms with E-state index in [-0.39, 0.29) is 17.0 Å². The van der Waals surface area contributed by atoms with Crippen molar-refractivity contribution >= 4 is 17.7 Å². The van der Waals surface area contributed by atoms with Crippen molar-refractivity contribution in [3.8, 4) is 0 Å². The molecule has 0 aliphatic carbocycles. The molecule has 1 aromatic rings. The second-order valence-electron chi connectivity index (χ2n) is 9.61. The van der Waals surface area contributed by atoms with Gasteiger partial charge in [-0.25, -0.2) is 4.79 Å². The standard InChI is InChI=1S/C26H32F3NO7/c1-13(35-6)21-19(17(31)12-37-24(34)25(3,4)5)18(15-10-8-9-11-16(15)26(27,28)29)20(23(32)33)22(30-21)14(2)36-7/h8-11,13-14,18,30H,12H2,1-7H3,(H,32,33). The first kappa shape index (κ1) is 30.0. The summed E-state index contributed by atoms with van der Waals surface area (Å²) in [5.74, 6) is -4.79. The van der Waals surface area contributed by atoms with Crippen LogP contribution in [0.15, 0.2) is 46.8 Å². The summed E-state index contributed by atoms with van der Waals surface area (Å²) in [5, 5.41) is 13.1. The number of hydrogen-bond acceptors (Lipinski definition) is 7. The fourth-order valence-electron chi connectivity index (χ4n) is 3.91. The van der Waals surface area contributed by atoms with Gasteiger partial charge in [-0.1, -0.05) is 18.2 Å². The van der Waals surface area contributed by atoms with Gasteiger partial charge in [0.05, 0.1) is 40.2 Å². The average Bonchev–Trinajstić information content (AvgIpc) is 2.83. The van der Waals surface area contributed by atoms with E-state index < -0.39 is 70.7 Å². The number of halogens is 3. The first-order valence-electron chi connectivity index (χ1n) is 11.5. The Morgan fingerprint density at radius 3 is 1.95 bits per heavy atom. The lowest BCUT2D eigenvalue weighted by molar-refractivity contribution is -0.155. The molecule has 37 heavy (non-hydrogen) atoms. The Morgan fingerprint density at radius 1 is 0.973 bits per heavy atom. The predicted octanol–water partition coefficient (Wildman–Crippen LogP) is 4.21. The highest BCUT2D eigenvalue weighted by Gasteiger charge is 2.45. The van der Waals surface area contributed by atoms with Gasteiger partial charge in [0, 0.05) is 25.7 Å². The molecule has 0 saturated heterocycles. The average molecular weight is 528 g/mol. The van der Waals surface area contributed by atoms with Gasteiger partial charge in [0.1, 0.15) is 0 Å². The van der Waals surface area contributed by atoms with Crippen molar-refractivity contribution in [3.05, 3.63) is 57.9 Å². The predicted molar refractivity (Wildman–Crippen MR) is 127 cm³/mol. The van der Waals surface area contributed by atoms with Crippen LogP contribution in [0.4, 0.5) is 13.2 Å². The van der Waals surface area contributed by atoms with E-state index in [2.05, 4.69) is 5.32 Å². The Kier molecular flexibility index (Phi) is 9.32. The fourth-order valence-corrected chi connectivity index (χ4v) is 3.91. The van der Waals surface area contributed by atoms with Crippen molar-refractivity contribution in [2.24, 2.45) is 5.41 Å². The number of esters is 1. The molecule has 0 spiro atoms. The highest BCUT2D eigenvalue weighted by atomic mass is 19.4. The third-order valence-electron chi connectivity index (χ3n) is 6.00. The molecule has 1 aromatic carbocycles. The number of alkyl halides is 3. The number of carbonyl (C=O) groups is 3. The lowest BCUT2D eigenvalue weighted by Crippen LogP contribution is -2.41. The van der Waals surface area contributed by atoms with Crippen molar-refractivity contribution in [2.45, 2.75) is 58.9 Å². The molecule has 1 aliphatic heterocycles. The van der Waals surface area contributed by atoms with Crippen molar-refractivity contribution in [1.82, 2.24) is 5.32 Å². The highest BCUT2D eigenvalue weighted by molar-refractivity contribution is 6.04. The molecular weight excluding hydrogens is 495 g/mol. The van der Waals surface area contributed by atoms with E-state index in [4.69, 9.17) is 14.2 Å². The summed E-state index contributed by atoms with van der Waals surface area (Å²) in [6.07, 6.45) is -6.61. The zero-order valence-corrected chi connectivity index (χ0v) is 21.8. The van der Waals surface area contributed by atoms with Crippen LogP contribution in [0, 0.1) is 5.41 Å². The molecule has 204 valence electrons. The smallest absolute Gasteiger partial charge is 0.416 e. The van der Waals surface area contributed by atoms with Gasteiger partial charge in [-0.3, -0.25) is 9.59 Å². The number of Topliss-reactive ketones (excluding diaryl/α,β-unsaturated/α-hetero) is 1. The molecule has 0 saturated carbocycles. The maximum Gasteiger partial charge on any atom is 0.416 e. The van der Waals surface area contributed by atoms with E-state index in [0.717, 1.165) is 12.1 Å². The molecule has 3 atom stereocenters. The Labute approximate surface area is 213 Å². The van der Waals surface area contributed by atoms with Gasteiger partial charge in [0.25, 0.3) is 0 Å². The fraction of sp³-hybridized carbons (Fsp3) is 0.500. The molecule has 1 heterocycles. The third kappa shape index (κ3) is 6.58. The minimum absolute atomic E-state index is 0.0286. The summed E-state index contributed by atoms with van der Waals surface area (Å²) >= 11 is 0. The monoisotopic (exact) mass is 527 g/mol. The third-order valence-corrected chi connectivity index (χ3v) is 6.00. The minimum atomic E-state index is -4.85. The Bertz CT molecular complexity index is 1120. The number of aliphatic carboxylic acids is 1.